The lowest BCUT2D eigenvalue weighted by Crippen LogP contribution is -2.53. The smallest absolute Gasteiger partial charge is 0.193 e. The molecule has 2 aromatic rings. The lowest BCUT2D eigenvalue weighted by atomic mass is 9.89. The molecule has 2 fully saturated rings. The zero-order valence-corrected chi connectivity index (χ0v) is 20.1. The molecule has 1 aromatic carbocycles. The van der Waals surface area contributed by atoms with Crippen molar-refractivity contribution in [2.24, 2.45) is 10.9 Å². The van der Waals surface area contributed by atoms with Gasteiger partial charge in [-0.25, -0.2) is 0 Å². The predicted molar refractivity (Wildman–Crippen MR) is 133 cm³/mol. The first-order valence-electron chi connectivity index (χ1n) is 10.3. The van der Waals surface area contributed by atoms with Crippen LogP contribution in [0.5, 0.6) is 0 Å². The zero-order valence-electron chi connectivity index (χ0n) is 17.0. The van der Waals surface area contributed by atoms with Crippen LogP contribution in [0.2, 0.25) is 0 Å². The number of nitrogens with one attached hydrogen (secondary N) is 1. The molecule has 0 spiro atoms. The van der Waals surface area contributed by atoms with Crippen LogP contribution in [0.1, 0.15) is 24.5 Å². The Bertz CT molecular complexity index is 747. The van der Waals surface area contributed by atoms with Crippen LogP contribution >= 0.6 is 35.3 Å². The summed E-state index contributed by atoms with van der Waals surface area (Å²) in [5, 5.41) is 7.16. The zero-order chi connectivity index (χ0) is 19.2. The van der Waals surface area contributed by atoms with E-state index >= 15 is 0 Å². The molecular formula is C22H31IN4OS. The highest BCUT2D eigenvalue weighted by molar-refractivity contribution is 14.0. The number of piperazine rings is 1. The summed E-state index contributed by atoms with van der Waals surface area (Å²) in [6.07, 6.45) is 2.50. The Morgan fingerprint density at radius 2 is 1.93 bits per heavy atom. The van der Waals surface area contributed by atoms with E-state index in [1.807, 2.05) is 18.4 Å². The van der Waals surface area contributed by atoms with Crippen LogP contribution in [-0.4, -0.2) is 57.2 Å². The Morgan fingerprint density at radius 3 is 2.62 bits per heavy atom. The largest absolute Gasteiger partial charge is 0.373 e. The van der Waals surface area contributed by atoms with E-state index in [9.17, 15) is 0 Å². The molecule has 3 heterocycles. The van der Waals surface area contributed by atoms with E-state index in [4.69, 9.17) is 4.74 Å². The molecule has 0 saturated carbocycles. The summed E-state index contributed by atoms with van der Waals surface area (Å²) in [6.45, 7) is 5.84. The number of guanidine groups is 1. The molecule has 0 aliphatic carbocycles. The minimum atomic E-state index is 0. The van der Waals surface area contributed by atoms with Crippen molar-refractivity contribution in [2.75, 3.05) is 51.3 Å². The van der Waals surface area contributed by atoms with E-state index < -0.39 is 0 Å². The second-order valence-electron chi connectivity index (χ2n) is 7.46. The lowest BCUT2D eigenvalue weighted by molar-refractivity contribution is -0.0266. The second kappa shape index (κ2) is 11.2. The molecule has 2 aliphatic heterocycles. The summed E-state index contributed by atoms with van der Waals surface area (Å²) in [6, 6.07) is 15.0. The molecule has 0 bridgehead atoms. The van der Waals surface area contributed by atoms with Gasteiger partial charge in [0.05, 0.1) is 11.1 Å². The maximum absolute atomic E-state index is 6.14. The van der Waals surface area contributed by atoms with E-state index in [1.165, 1.54) is 17.0 Å². The van der Waals surface area contributed by atoms with Crippen LogP contribution in [-0.2, 0) is 4.74 Å². The Balaban J connectivity index is 0.00000240. The monoisotopic (exact) mass is 526 g/mol. The van der Waals surface area contributed by atoms with Gasteiger partial charge in [0, 0.05) is 52.3 Å². The van der Waals surface area contributed by atoms with Crippen LogP contribution in [0.3, 0.4) is 0 Å². The van der Waals surface area contributed by atoms with Gasteiger partial charge >= 0.3 is 0 Å². The molecule has 1 N–H and O–H groups in total. The molecule has 2 saturated heterocycles. The van der Waals surface area contributed by atoms with E-state index in [2.05, 4.69) is 68.0 Å². The summed E-state index contributed by atoms with van der Waals surface area (Å²) in [5.74, 6) is 1.49. The van der Waals surface area contributed by atoms with Crippen molar-refractivity contribution < 1.29 is 4.74 Å². The van der Waals surface area contributed by atoms with Crippen molar-refractivity contribution in [3.8, 4) is 0 Å². The maximum Gasteiger partial charge on any atom is 0.193 e. The fraction of sp³-hybridized carbons (Fsp3) is 0.500. The number of halogens is 1. The molecule has 2 unspecified atom stereocenters. The van der Waals surface area contributed by atoms with Gasteiger partial charge in [0.15, 0.2) is 5.96 Å². The molecule has 158 valence electrons. The van der Waals surface area contributed by atoms with Gasteiger partial charge in [-0.15, -0.1) is 35.3 Å². The van der Waals surface area contributed by atoms with Gasteiger partial charge in [-0.1, -0.05) is 30.3 Å². The van der Waals surface area contributed by atoms with E-state index in [1.54, 1.807) is 0 Å². The van der Waals surface area contributed by atoms with Crippen LogP contribution in [0.25, 0.3) is 0 Å². The summed E-state index contributed by atoms with van der Waals surface area (Å²) in [4.78, 5) is 9.40. The van der Waals surface area contributed by atoms with E-state index in [-0.39, 0.29) is 30.1 Å². The average molecular weight is 526 g/mol. The molecule has 2 atom stereocenters. The van der Waals surface area contributed by atoms with Gasteiger partial charge in [-0.2, -0.15) is 0 Å². The highest BCUT2D eigenvalue weighted by Gasteiger charge is 2.28. The number of rotatable bonds is 4. The number of anilines is 1. The number of hydrogen-bond donors (Lipinski definition) is 1. The van der Waals surface area contributed by atoms with Crippen molar-refractivity contribution >= 4 is 46.3 Å². The normalized spacial score (nSPS) is 22.9. The first kappa shape index (κ1) is 22.4. The van der Waals surface area contributed by atoms with E-state index in [0.717, 1.165) is 51.7 Å². The average Bonchev–Trinajstić information content (AvgIpc) is 3.30. The summed E-state index contributed by atoms with van der Waals surface area (Å²) >= 11 is 1.82. The van der Waals surface area contributed by atoms with Crippen LogP contribution in [0.15, 0.2) is 52.8 Å². The lowest BCUT2D eigenvalue weighted by Gasteiger charge is -2.38. The number of benzene rings is 1. The number of nitrogens with zero attached hydrogens (tertiary/aromatic N) is 3. The van der Waals surface area contributed by atoms with Crippen LogP contribution in [0.4, 0.5) is 5.00 Å². The fourth-order valence-corrected chi connectivity index (χ4v) is 4.99. The first-order chi connectivity index (χ1) is 13.8. The van der Waals surface area contributed by atoms with Crippen molar-refractivity contribution in [3.05, 3.63) is 53.4 Å². The third kappa shape index (κ3) is 5.64. The number of aliphatic imine (C=N–C) groups is 1. The van der Waals surface area contributed by atoms with Crippen LogP contribution in [0, 0.1) is 5.92 Å². The molecule has 0 amide bonds. The molecule has 7 heteroatoms. The molecular weight excluding hydrogens is 495 g/mol. The number of hydrogen-bond acceptors (Lipinski definition) is 4. The van der Waals surface area contributed by atoms with Crippen molar-refractivity contribution in [3.63, 3.8) is 0 Å². The SMILES string of the molecule is CN=C(NCC1CCCOC1c1ccccc1)N1CCN(c2cccs2)CC1.I. The summed E-state index contributed by atoms with van der Waals surface area (Å²) in [5.41, 5.74) is 1.29. The van der Waals surface area contributed by atoms with Crippen molar-refractivity contribution in [1.29, 1.82) is 0 Å². The fourth-order valence-electron chi connectivity index (χ4n) is 4.21. The Labute approximate surface area is 195 Å². The number of ether oxygens (including phenoxy) is 1. The number of thiophene rings is 1. The Kier molecular flexibility index (Phi) is 8.62. The Morgan fingerprint density at radius 1 is 1.14 bits per heavy atom. The van der Waals surface area contributed by atoms with Gasteiger partial charge in [0.1, 0.15) is 0 Å². The van der Waals surface area contributed by atoms with Gasteiger partial charge in [-0.05, 0) is 35.9 Å². The maximum atomic E-state index is 6.14. The first-order valence-corrected chi connectivity index (χ1v) is 11.1. The van der Waals surface area contributed by atoms with Gasteiger partial charge in [-0.3, -0.25) is 4.99 Å². The van der Waals surface area contributed by atoms with Gasteiger partial charge in [0.25, 0.3) is 0 Å². The minimum absolute atomic E-state index is 0. The molecule has 0 radical (unpaired) electrons. The molecule has 5 nitrogen and oxygen atoms in total. The van der Waals surface area contributed by atoms with Crippen LogP contribution < -0.4 is 10.2 Å². The minimum Gasteiger partial charge on any atom is -0.373 e. The summed E-state index contributed by atoms with van der Waals surface area (Å²) < 4.78 is 6.14. The van der Waals surface area contributed by atoms with Crippen molar-refractivity contribution in [2.45, 2.75) is 18.9 Å². The van der Waals surface area contributed by atoms with Crippen molar-refractivity contribution in [1.82, 2.24) is 10.2 Å². The highest BCUT2D eigenvalue weighted by Crippen LogP contribution is 2.33. The molecule has 29 heavy (non-hydrogen) atoms. The molecule has 2 aliphatic rings. The standard InChI is InChI=1S/C22H30N4OS.HI/c1-23-22(26-13-11-25(12-14-26)20-10-6-16-28-20)24-17-19-9-5-15-27-21(19)18-7-3-2-4-8-18;/h2-4,6-8,10,16,19,21H,5,9,11-15,17H2,1H3,(H,23,24);1H. The molecule has 1 aromatic heterocycles. The third-order valence-corrected chi connectivity index (χ3v) is 6.63. The van der Waals surface area contributed by atoms with Gasteiger partial charge < -0.3 is 19.9 Å². The quantitative estimate of drug-likeness (QED) is 0.368. The molecule has 4 rings (SSSR count). The Hall–Kier alpha value is -1.32. The topological polar surface area (TPSA) is 40.1 Å². The third-order valence-electron chi connectivity index (χ3n) is 5.70. The highest BCUT2D eigenvalue weighted by atomic mass is 127. The van der Waals surface area contributed by atoms with Gasteiger partial charge in [0.2, 0.25) is 0 Å². The second-order valence-corrected chi connectivity index (χ2v) is 8.38. The predicted octanol–water partition coefficient (Wildman–Crippen LogP) is 4.23. The van der Waals surface area contributed by atoms with E-state index in [0.29, 0.717) is 5.92 Å². The summed E-state index contributed by atoms with van der Waals surface area (Å²) in [7, 11) is 1.89.